The lowest BCUT2D eigenvalue weighted by molar-refractivity contribution is 0.544. The van der Waals surface area contributed by atoms with Gasteiger partial charge in [0.25, 0.3) is 0 Å². The Hall–Kier alpha value is -1.13. The fraction of sp³-hybridized carbons (Fsp3) is 0.375. The molecule has 3 nitrogen and oxygen atoms in total. The van der Waals surface area contributed by atoms with Crippen LogP contribution in [-0.4, -0.2) is 17.0 Å². The summed E-state index contributed by atoms with van der Waals surface area (Å²) in [5.41, 5.74) is 1.08. The van der Waals surface area contributed by atoms with Gasteiger partial charge in [-0.15, -0.1) is 0 Å². The molecule has 0 saturated heterocycles. The molecule has 2 rings (SSSR count). The van der Waals surface area contributed by atoms with Gasteiger partial charge in [-0.1, -0.05) is 60.4 Å². The van der Waals surface area contributed by atoms with E-state index in [4.69, 9.17) is 11.6 Å². The van der Waals surface area contributed by atoms with Gasteiger partial charge in [-0.05, 0) is 17.7 Å². The smallest absolute Gasteiger partial charge is 0.137 e. The maximum Gasteiger partial charge on any atom is 0.137 e. The fourth-order valence-electron chi connectivity index (χ4n) is 1.93. The van der Waals surface area contributed by atoms with E-state index in [1.54, 1.807) is 6.07 Å². The van der Waals surface area contributed by atoms with E-state index in [0.717, 1.165) is 22.7 Å². The first-order chi connectivity index (χ1) is 9.75. The molecule has 0 saturated carbocycles. The number of hydrogen-bond donors (Lipinski definition) is 0. The number of hydrogen-bond acceptors (Lipinski definition) is 3. The van der Waals surface area contributed by atoms with Crippen molar-refractivity contribution in [1.82, 2.24) is 9.97 Å². The predicted molar refractivity (Wildman–Crippen MR) is 92.0 cm³/mol. The summed E-state index contributed by atoms with van der Waals surface area (Å²) in [6.45, 7) is 7.00. The summed E-state index contributed by atoms with van der Waals surface area (Å²) in [5.74, 6) is 1.59. The molecule has 0 spiro atoms. The molecule has 1 aromatic carbocycles. The number of nitrogens with zero attached hydrogens (tertiary/aromatic N) is 3. The Morgan fingerprint density at radius 1 is 1.19 bits per heavy atom. The van der Waals surface area contributed by atoms with Crippen molar-refractivity contribution in [3.05, 3.63) is 51.3 Å². The zero-order chi connectivity index (χ0) is 15.6. The zero-order valence-electron chi connectivity index (χ0n) is 12.7. The van der Waals surface area contributed by atoms with E-state index in [9.17, 15) is 0 Å². The van der Waals surface area contributed by atoms with E-state index in [0.29, 0.717) is 5.15 Å². The minimum absolute atomic E-state index is 0.129. The van der Waals surface area contributed by atoms with Crippen molar-refractivity contribution in [2.45, 2.75) is 32.7 Å². The minimum Gasteiger partial charge on any atom is -0.355 e. The van der Waals surface area contributed by atoms with Crippen molar-refractivity contribution in [3.8, 4) is 0 Å². The molecule has 0 N–H and O–H groups in total. The second kappa shape index (κ2) is 6.32. The Morgan fingerprint density at radius 2 is 1.90 bits per heavy atom. The molecule has 1 heterocycles. The highest BCUT2D eigenvalue weighted by atomic mass is 79.9. The van der Waals surface area contributed by atoms with Crippen molar-refractivity contribution in [2.75, 3.05) is 11.9 Å². The lowest BCUT2D eigenvalue weighted by Crippen LogP contribution is -2.22. The van der Waals surface area contributed by atoms with E-state index < -0.39 is 0 Å². The first-order valence-electron chi connectivity index (χ1n) is 6.76. The molecule has 5 heteroatoms. The number of anilines is 1. The third kappa shape index (κ3) is 4.42. The van der Waals surface area contributed by atoms with Gasteiger partial charge in [0, 0.05) is 29.5 Å². The number of aromatic nitrogens is 2. The predicted octanol–water partition coefficient (Wildman–Crippen LogP) is 4.83. The van der Waals surface area contributed by atoms with Crippen LogP contribution in [0.15, 0.2) is 34.8 Å². The van der Waals surface area contributed by atoms with Crippen molar-refractivity contribution < 1.29 is 0 Å². The molecule has 0 amide bonds. The van der Waals surface area contributed by atoms with Gasteiger partial charge in [0.15, 0.2) is 0 Å². The number of halogens is 2. The van der Waals surface area contributed by atoms with Crippen LogP contribution < -0.4 is 4.90 Å². The van der Waals surface area contributed by atoms with Crippen molar-refractivity contribution in [3.63, 3.8) is 0 Å². The highest BCUT2D eigenvalue weighted by Crippen LogP contribution is 2.24. The van der Waals surface area contributed by atoms with Crippen LogP contribution >= 0.6 is 27.5 Å². The van der Waals surface area contributed by atoms with Gasteiger partial charge >= 0.3 is 0 Å². The summed E-state index contributed by atoms with van der Waals surface area (Å²) in [4.78, 5) is 11.0. The van der Waals surface area contributed by atoms with Gasteiger partial charge < -0.3 is 4.90 Å². The minimum atomic E-state index is -0.129. The summed E-state index contributed by atoms with van der Waals surface area (Å²) >= 11 is 9.64. The van der Waals surface area contributed by atoms with Gasteiger partial charge in [-0.2, -0.15) is 0 Å². The molecule has 0 bridgehead atoms. The Bertz CT molecular complexity index is 638. The molecule has 112 valence electrons. The summed E-state index contributed by atoms with van der Waals surface area (Å²) in [5, 5.41) is 0.478. The van der Waals surface area contributed by atoms with E-state index in [1.165, 1.54) is 5.56 Å². The van der Waals surface area contributed by atoms with E-state index >= 15 is 0 Å². The highest BCUT2D eigenvalue weighted by Gasteiger charge is 2.19. The molecule has 0 aliphatic carbocycles. The molecule has 0 unspecified atom stereocenters. The van der Waals surface area contributed by atoms with Crippen molar-refractivity contribution >= 4 is 33.3 Å². The van der Waals surface area contributed by atoms with E-state index in [-0.39, 0.29) is 5.41 Å². The van der Waals surface area contributed by atoms with Crippen LogP contribution in [0.25, 0.3) is 0 Å². The van der Waals surface area contributed by atoms with Gasteiger partial charge in [0.1, 0.15) is 16.8 Å². The van der Waals surface area contributed by atoms with E-state index in [1.807, 2.05) is 19.2 Å². The maximum atomic E-state index is 6.14. The maximum absolute atomic E-state index is 6.14. The molecule has 1 aromatic heterocycles. The SMILES string of the molecule is CN(Cc1cccc(Br)c1)c1cc(Cl)nc(C(C)(C)C)n1. The summed E-state index contributed by atoms with van der Waals surface area (Å²) < 4.78 is 1.07. The van der Waals surface area contributed by atoms with Crippen LogP contribution in [-0.2, 0) is 12.0 Å². The zero-order valence-corrected chi connectivity index (χ0v) is 15.0. The van der Waals surface area contributed by atoms with E-state index in [2.05, 4.69) is 63.7 Å². The van der Waals surface area contributed by atoms with Crippen LogP contribution in [0.5, 0.6) is 0 Å². The average Bonchev–Trinajstić information content (AvgIpc) is 2.37. The standard InChI is InChI=1S/C16H19BrClN3/c1-16(2,3)15-19-13(18)9-14(20-15)21(4)10-11-6-5-7-12(17)8-11/h5-9H,10H2,1-4H3. The van der Waals surface area contributed by atoms with Gasteiger partial charge in [0.2, 0.25) is 0 Å². The first-order valence-corrected chi connectivity index (χ1v) is 7.93. The fourth-order valence-corrected chi connectivity index (χ4v) is 2.55. The topological polar surface area (TPSA) is 29.0 Å². The van der Waals surface area contributed by atoms with Crippen LogP contribution in [0.4, 0.5) is 5.82 Å². The lowest BCUT2D eigenvalue weighted by atomic mass is 9.96. The summed E-state index contributed by atoms with van der Waals surface area (Å²) in [6.07, 6.45) is 0. The Morgan fingerprint density at radius 3 is 2.52 bits per heavy atom. The Kier molecular flexibility index (Phi) is 4.89. The number of benzene rings is 1. The second-order valence-electron chi connectivity index (χ2n) is 6.11. The van der Waals surface area contributed by atoms with Gasteiger partial charge in [-0.25, -0.2) is 9.97 Å². The van der Waals surface area contributed by atoms with Crippen LogP contribution in [0.3, 0.4) is 0 Å². The lowest BCUT2D eigenvalue weighted by Gasteiger charge is -2.22. The first kappa shape index (κ1) is 16.2. The Labute approximate surface area is 139 Å². The third-order valence-electron chi connectivity index (χ3n) is 3.05. The van der Waals surface area contributed by atoms with Crippen LogP contribution in [0, 0.1) is 0 Å². The van der Waals surface area contributed by atoms with Crippen molar-refractivity contribution in [1.29, 1.82) is 0 Å². The van der Waals surface area contributed by atoms with Crippen molar-refractivity contribution in [2.24, 2.45) is 0 Å². The summed E-state index contributed by atoms with van der Waals surface area (Å²) in [7, 11) is 2.01. The molecule has 0 aliphatic rings. The largest absolute Gasteiger partial charge is 0.355 e. The normalized spacial score (nSPS) is 11.5. The molecule has 0 aliphatic heterocycles. The Balaban J connectivity index is 2.27. The molecule has 0 fully saturated rings. The molecular formula is C16H19BrClN3. The summed E-state index contributed by atoms with van der Waals surface area (Å²) in [6, 6.07) is 10.0. The van der Waals surface area contributed by atoms with Crippen LogP contribution in [0.1, 0.15) is 32.2 Å². The van der Waals surface area contributed by atoms with Gasteiger partial charge in [-0.3, -0.25) is 0 Å². The molecule has 0 atom stereocenters. The average molecular weight is 369 g/mol. The second-order valence-corrected chi connectivity index (χ2v) is 7.41. The molecule has 0 radical (unpaired) electrons. The van der Waals surface area contributed by atoms with Crippen LogP contribution in [0.2, 0.25) is 5.15 Å². The third-order valence-corrected chi connectivity index (χ3v) is 3.74. The highest BCUT2D eigenvalue weighted by molar-refractivity contribution is 9.10. The molecule has 2 aromatic rings. The van der Waals surface area contributed by atoms with Gasteiger partial charge in [0.05, 0.1) is 0 Å². The quantitative estimate of drug-likeness (QED) is 0.727. The molecule has 21 heavy (non-hydrogen) atoms. The number of rotatable bonds is 3. The monoisotopic (exact) mass is 367 g/mol. The molecular weight excluding hydrogens is 350 g/mol.